The van der Waals surface area contributed by atoms with Gasteiger partial charge in [-0.1, -0.05) is 30.5 Å². The molecule has 1 saturated carbocycles. The van der Waals surface area contributed by atoms with E-state index in [0.717, 1.165) is 31.2 Å². The Balaban J connectivity index is 1.87. The smallest absolute Gasteiger partial charge is 0.319 e. The summed E-state index contributed by atoms with van der Waals surface area (Å²) < 4.78 is 0. The van der Waals surface area contributed by atoms with Crippen LogP contribution in [0.15, 0.2) is 18.2 Å². The van der Waals surface area contributed by atoms with Crippen LogP contribution in [-0.2, 0) is 0 Å². The molecule has 2 amide bonds. The van der Waals surface area contributed by atoms with Gasteiger partial charge in [-0.25, -0.2) is 4.79 Å². The van der Waals surface area contributed by atoms with Gasteiger partial charge in [0.15, 0.2) is 0 Å². The van der Waals surface area contributed by atoms with Gasteiger partial charge in [-0.3, -0.25) is 0 Å². The molecule has 19 heavy (non-hydrogen) atoms. The Morgan fingerprint density at radius 2 is 2.11 bits per heavy atom. The third kappa shape index (κ3) is 3.85. The van der Waals surface area contributed by atoms with E-state index in [2.05, 4.69) is 10.6 Å². The van der Waals surface area contributed by atoms with E-state index in [1.54, 1.807) is 12.1 Å². The molecule has 1 aromatic rings. The van der Waals surface area contributed by atoms with E-state index >= 15 is 0 Å². The minimum atomic E-state index is -0.742. The van der Waals surface area contributed by atoms with E-state index in [1.165, 1.54) is 0 Å². The number of hydrogen-bond acceptors (Lipinski definition) is 2. The molecule has 0 heterocycles. The molecule has 0 bridgehead atoms. The van der Waals surface area contributed by atoms with Gasteiger partial charge in [-0.15, -0.1) is 0 Å². The van der Waals surface area contributed by atoms with Crippen molar-refractivity contribution in [3.63, 3.8) is 0 Å². The molecule has 0 radical (unpaired) electrons. The third-order valence-electron chi connectivity index (χ3n) is 3.49. The lowest BCUT2D eigenvalue weighted by Crippen LogP contribution is -2.42. The second kappa shape index (κ2) is 5.80. The van der Waals surface area contributed by atoms with Gasteiger partial charge in [-0.05, 0) is 37.5 Å². The largest absolute Gasteiger partial charge is 0.388 e. The van der Waals surface area contributed by atoms with Crippen LogP contribution >= 0.6 is 11.6 Å². The van der Waals surface area contributed by atoms with Crippen molar-refractivity contribution in [3.05, 3.63) is 28.8 Å². The summed E-state index contributed by atoms with van der Waals surface area (Å²) in [5, 5.41) is 16.0. The molecular weight excluding hydrogens is 264 g/mol. The van der Waals surface area contributed by atoms with Crippen molar-refractivity contribution in [1.82, 2.24) is 5.32 Å². The Morgan fingerprint density at radius 1 is 1.42 bits per heavy atom. The van der Waals surface area contributed by atoms with Crippen LogP contribution in [0, 0.1) is 6.92 Å². The highest BCUT2D eigenvalue weighted by Crippen LogP contribution is 2.28. The number of aryl methyl sites for hydroxylation is 1. The van der Waals surface area contributed by atoms with Gasteiger partial charge in [0.25, 0.3) is 0 Å². The first-order valence-corrected chi connectivity index (χ1v) is 6.90. The van der Waals surface area contributed by atoms with Gasteiger partial charge < -0.3 is 15.7 Å². The highest BCUT2D eigenvalue weighted by atomic mass is 35.5. The number of halogens is 1. The monoisotopic (exact) mass is 282 g/mol. The van der Waals surface area contributed by atoms with Crippen LogP contribution < -0.4 is 10.6 Å². The predicted molar refractivity (Wildman–Crippen MR) is 76.6 cm³/mol. The minimum absolute atomic E-state index is 0.280. The summed E-state index contributed by atoms with van der Waals surface area (Å²) in [6, 6.07) is 5.10. The first kappa shape index (κ1) is 14.2. The molecule has 0 saturated heterocycles. The van der Waals surface area contributed by atoms with Crippen LogP contribution in [0.5, 0.6) is 0 Å². The summed E-state index contributed by atoms with van der Waals surface area (Å²) in [6.07, 6.45) is 3.53. The molecule has 0 spiro atoms. The van der Waals surface area contributed by atoms with Crippen molar-refractivity contribution in [2.24, 2.45) is 0 Å². The lowest BCUT2D eigenvalue weighted by molar-refractivity contribution is 0.0506. The average molecular weight is 283 g/mol. The fourth-order valence-electron chi connectivity index (χ4n) is 2.34. The topological polar surface area (TPSA) is 61.4 Å². The highest BCUT2D eigenvalue weighted by molar-refractivity contribution is 6.33. The molecule has 1 aliphatic rings. The van der Waals surface area contributed by atoms with Gasteiger partial charge in [0.1, 0.15) is 0 Å². The van der Waals surface area contributed by atoms with Crippen LogP contribution in [0.2, 0.25) is 5.02 Å². The van der Waals surface area contributed by atoms with Crippen molar-refractivity contribution in [2.75, 3.05) is 11.9 Å². The summed E-state index contributed by atoms with van der Waals surface area (Å²) >= 11 is 6.04. The van der Waals surface area contributed by atoms with E-state index in [1.807, 2.05) is 13.0 Å². The predicted octanol–water partition coefficient (Wildman–Crippen LogP) is 3.08. The van der Waals surface area contributed by atoms with Crippen LogP contribution in [0.1, 0.15) is 31.2 Å². The van der Waals surface area contributed by atoms with Crippen LogP contribution in [0.3, 0.4) is 0 Å². The fourth-order valence-corrected chi connectivity index (χ4v) is 2.63. The van der Waals surface area contributed by atoms with Crippen LogP contribution in [-0.4, -0.2) is 23.3 Å². The Hall–Kier alpha value is -1.26. The van der Waals surface area contributed by atoms with Gasteiger partial charge >= 0.3 is 6.03 Å². The maximum Gasteiger partial charge on any atom is 0.319 e. The number of urea groups is 1. The number of carbonyl (C=O) groups excluding carboxylic acids is 1. The van der Waals surface area contributed by atoms with Crippen molar-refractivity contribution in [2.45, 2.75) is 38.2 Å². The van der Waals surface area contributed by atoms with E-state index < -0.39 is 5.60 Å². The molecule has 1 fully saturated rings. The standard InChI is InChI=1S/C14H19ClN2O2/c1-10-4-5-12(11(15)8-10)17-13(18)16-9-14(19)6-2-3-7-14/h4-5,8,19H,2-3,6-7,9H2,1H3,(H2,16,17,18). The number of amides is 2. The Labute approximate surface area is 118 Å². The van der Waals surface area contributed by atoms with Crippen molar-refractivity contribution in [1.29, 1.82) is 0 Å². The van der Waals surface area contributed by atoms with Crippen molar-refractivity contribution in [3.8, 4) is 0 Å². The lowest BCUT2D eigenvalue weighted by Gasteiger charge is -2.22. The Bertz CT molecular complexity index is 471. The molecule has 0 unspecified atom stereocenters. The number of rotatable bonds is 3. The molecule has 0 aliphatic heterocycles. The van der Waals surface area contributed by atoms with Crippen molar-refractivity contribution >= 4 is 23.3 Å². The maximum atomic E-state index is 11.8. The third-order valence-corrected chi connectivity index (χ3v) is 3.80. The molecule has 4 nitrogen and oxygen atoms in total. The quantitative estimate of drug-likeness (QED) is 0.798. The van der Waals surface area contributed by atoms with E-state index in [9.17, 15) is 9.90 Å². The number of nitrogens with one attached hydrogen (secondary N) is 2. The first-order valence-electron chi connectivity index (χ1n) is 6.52. The summed E-state index contributed by atoms with van der Waals surface area (Å²) in [6.45, 7) is 2.22. The number of aliphatic hydroxyl groups is 1. The van der Waals surface area contributed by atoms with Gasteiger partial charge in [0.2, 0.25) is 0 Å². The zero-order chi connectivity index (χ0) is 13.9. The zero-order valence-electron chi connectivity index (χ0n) is 11.0. The molecule has 104 valence electrons. The average Bonchev–Trinajstić information content (AvgIpc) is 2.78. The summed E-state index contributed by atoms with van der Waals surface area (Å²) in [7, 11) is 0. The zero-order valence-corrected chi connectivity index (χ0v) is 11.8. The first-order chi connectivity index (χ1) is 8.98. The summed E-state index contributed by atoms with van der Waals surface area (Å²) in [4.78, 5) is 11.8. The number of carbonyl (C=O) groups is 1. The van der Waals surface area contributed by atoms with Crippen LogP contribution in [0.4, 0.5) is 10.5 Å². The summed E-state index contributed by atoms with van der Waals surface area (Å²) in [5.74, 6) is 0. The Kier molecular flexibility index (Phi) is 4.32. The van der Waals surface area contributed by atoms with Crippen molar-refractivity contribution < 1.29 is 9.90 Å². The van der Waals surface area contributed by atoms with Gasteiger partial charge in [0, 0.05) is 6.54 Å². The second-order valence-corrected chi connectivity index (χ2v) is 5.63. The maximum absolute atomic E-state index is 11.8. The van der Waals surface area contributed by atoms with E-state index in [4.69, 9.17) is 11.6 Å². The van der Waals surface area contributed by atoms with E-state index in [0.29, 0.717) is 10.7 Å². The molecule has 2 rings (SSSR count). The molecular formula is C14H19ClN2O2. The molecule has 1 aromatic carbocycles. The summed E-state index contributed by atoms with van der Waals surface area (Å²) in [5.41, 5.74) is 0.869. The molecule has 1 aliphatic carbocycles. The number of benzene rings is 1. The molecule has 0 aromatic heterocycles. The normalized spacial score (nSPS) is 17.2. The minimum Gasteiger partial charge on any atom is -0.388 e. The molecule has 3 N–H and O–H groups in total. The highest BCUT2D eigenvalue weighted by Gasteiger charge is 2.31. The second-order valence-electron chi connectivity index (χ2n) is 5.22. The number of hydrogen-bond donors (Lipinski definition) is 3. The Morgan fingerprint density at radius 3 is 2.74 bits per heavy atom. The van der Waals surface area contributed by atoms with E-state index in [-0.39, 0.29) is 12.6 Å². The molecule has 0 atom stereocenters. The SMILES string of the molecule is Cc1ccc(NC(=O)NCC2(O)CCCC2)c(Cl)c1. The van der Waals surface area contributed by atoms with Gasteiger partial charge in [-0.2, -0.15) is 0 Å². The van der Waals surface area contributed by atoms with Gasteiger partial charge in [0.05, 0.1) is 16.3 Å². The lowest BCUT2D eigenvalue weighted by atomic mass is 10.0. The number of anilines is 1. The fraction of sp³-hybridized carbons (Fsp3) is 0.500. The molecule has 5 heteroatoms. The van der Waals surface area contributed by atoms with Crippen LogP contribution in [0.25, 0.3) is 0 Å².